The van der Waals surface area contributed by atoms with Crippen molar-refractivity contribution >= 4 is 12.0 Å². The molecule has 0 radical (unpaired) electrons. The first kappa shape index (κ1) is 30.2. The Kier molecular flexibility index (Phi) is 8.86. The Morgan fingerprint density at radius 2 is 1.64 bits per heavy atom. The molecule has 2 aromatic carbocycles. The van der Waals surface area contributed by atoms with Crippen LogP contribution in [0.3, 0.4) is 0 Å². The Labute approximate surface area is 221 Å². The van der Waals surface area contributed by atoms with E-state index in [1.165, 1.54) is 37.1 Å². The maximum absolute atomic E-state index is 13.8. The molecule has 0 aromatic heterocycles. The van der Waals surface area contributed by atoms with Gasteiger partial charge < -0.3 is 14.5 Å². The molecule has 1 heterocycles. The molecule has 1 fully saturated rings. The van der Waals surface area contributed by atoms with Crippen LogP contribution in [0.15, 0.2) is 36.4 Å². The molecule has 0 spiro atoms. The number of ether oxygens (including phenoxy) is 1. The van der Waals surface area contributed by atoms with Gasteiger partial charge in [0.15, 0.2) is 0 Å². The van der Waals surface area contributed by atoms with Crippen molar-refractivity contribution in [2.24, 2.45) is 5.92 Å². The SMILES string of the molecule is CCOC(=O)[C@@H]1CCN(C(=O)N(C)[C@@H](C)c2cc(C(F)(F)F)cc(C(F)(F)F)c2)[C@@H](c2ccc(F)cc2C)C1. The van der Waals surface area contributed by atoms with Gasteiger partial charge in [0, 0.05) is 13.6 Å². The molecule has 0 aliphatic carbocycles. The number of likely N-dealkylation sites (tertiary alicyclic amines) is 1. The molecular weight excluding hydrogens is 533 g/mol. The molecule has 39 heavy (non-hydrogen) atoms. The maximum atomic E-state index is 13.8. The first-order valence-corrected chi connectivity index (χ1v) is 12.3. The summed E-state index contributed by atoms with van der Waals surface area (Å²) < 4.78 is 99.3. The maximum Gasteiger partial charge on any atom is 0.416 e. The van der Waals surface area contributed by atoms with Crippen LogP contribution < -0.4 is 0 Å². The number of aryl methyl sites for hydroxylation is 1. The van der Waals surface area contributed by atoms with E-state index in [2.05, 4.69) is 0 Å². The summed E-state index contributed by atoms with van der Waals surface area (Å²) >= 11 is 0. The monoisotopic (exact) mass is 562 g/mol. The van der Waals surface area contributed by atoms with E-state index in [0.29, 0.717) is 23.3 Å². The summed E-state index contributed by atoms with van der Waals surface area (Å²) in [6, 6.07) is 2.68. The lowest BCUT2D eigenvalue weighted by atomic mass is 9.85. The summed E-state index contributed by atoms with van der Waals surface area (Å²) in [5.41, 5.74) is -2.21. The molecule has 1 aliphatic rings. The van der Waals surface area contributed by atoms with E-state index in [0.717, 1.165) is 4.90 Å². The molecule has 1 aliphatic heterocycles. The molecular formula is C27H29F7N2O3. The highest BCUT2D eigenvalue weighted by Gasteiger charge is 2.40. The van der Waals surface area contributed by atoms with E-state index < -0.39 is 59.3 Å². The van der Waals surface area contributed by atoms with Gasteiger partial charge in [0.05, 0.1) is 35.7 Å². The second kappa shape index (κ2) is 11.4. The zero-order valence-electron chi connectivity index (χ0n) is 21.8. The summed E-state index contributed by atoms with van der Waals surface area (Å²) in [5, 5.41) is 0. The van der Waals surface area contributed by atoms with Crippen molar-refractivity contribution < 1.29 is 45.1 Å². The number of nitrogens with zero attached hydrogens (tertiary/aromatic N) is 2. The molecule has 1 saturated heterocycles. The van der Waals surface area contributed by atoms with Gasteiger partial charge in [0.1, 0.15) is 5.82 Å². The normalized spacial score (nSPS) is 19.0. The predicted octanol–water partition coefficient (Wildman–Crippen LogP) is 7.30. The molecule has 214 valence electrons. The Balaban J connectivity index is 1.97. The molecule has 0 N–H and O–H groups in total. The molecule has 5 nitrogen and oxygen atoms in total. The van der Waals surface area contributed by atoms with E-state index in [1.54, 1.807) is 13.8 Å². The predicted molar refractivity (Wildman–Crippen MR) is 128 cm³/mol. The van der Waals surface area contributed by atoms with Gasteiger partial charge in [-0.05, 0) is 80.6 Å². The van der Waals surface area contributed by atoms with Gasteiger partial charge in [-0.15, -0.1) is 0 Å². The lowest BCUT2D eigenvalue weighted by Crippen LogP contribution is -2.48. The van der Waals surface area contributed by atoms with E-state index in [-0.39, 0.29) is 37.6 Å². The van der Waals surface area contributed by atoms with Gasteiger partial charge in [-0.3, -0.25) is 4.79 Å². The lowest BCUT2D eigenvalue weighted by molar-refractivity contribution is -0.150. The van der Waals surface area contributed by atoms with Crippen LogP contribution in [-0.2, 0) is 21.9 Å². The zero-order chi connectivity index (χ0) is 29.3. The number of urea groups is 1. The fourth-order valence-corrected chi connectivity index (χ4v) is 4.79. The van der Waals surface area contributed by atoms with Crippen molar-refractivity contribution in [3.8, 4) is 0 Å². The Hall–Kier alpha value is -3.31. The fourth-order valence-electron chi connectivity index (χ4n) is 4.79. The first-order chi connectivity index (χ1) is 18.0. The van der Waals surface area contributed by atoms with Crippen molar-refractivity contribution in [3.05, 3.63) is 70.0 Å². The molecule has 3 atom stereocenters. The summed E-state index contributed by atoms with van der Waals surface area (Å²) in [6.45, 7) is 4.86. The van der Waals surface area contributed by atoms with Crippen molar-refractivity contribution in [2.75, 3.05) is 20.2 Å². The number of piperidine rings is 1. The molecule has 12 heteroatoms. The minimum atomic E-state index is -5.03. The van der Waals surface area contributed by atoms with Gasteiger partial charge in [0.2, 0.25) is 0 Å². The van der Waals surface area contributed by atoms with Crippen LogP contribution in [0.2, 0.25) is 0 Å². The summed E-state index contributed by atoms with van der Waals surface area (Å²) in [4.78, 5) is 28.6. The average molecular weight is 563 g/mol. The summed E-state index contributed by atoms with van der Waals surface area (Å²) in [6.07, 6.45) is -9.66. The third kappa shape index (κ3) is 6.83. The molecule has 0 bridgehead atoms. The van der Waals surface area contributed by atoms with E-state index in [1.807, 2.05) is 0 Å². The lowest BCUT2D eigenvalue weighted by Gasteiger charge is -2.42. The van der Waals surface area contributed by atoms with Gasteiger partial charge >= 0.3 is 24.4 Å². The highest BCUT2D eigenvalue weighted by molar-refractivity contribution is 5.77. The minimum absolute atomic E-state index is 0.0333. The van der Waals surface area contributed by atoms with Crippen molar-refractivity contribution in [1.29, 1.82) is 0 Å². The van der Waals surface area contributed by atoms with Crippen LogP contribution in [0.5, 0.6) is 0 Å². The first-order valence-electron chi connectivity index (χ1n) is 12.3. The van der Waals surface area contributed by atoms with Crippen molar-refractivity contribution in [1.82, 2.24) is 9.80 Å². The zero-order valence-corrected chi connectivity index (χ0v) is 21.8. The minimum Gasteiger partial charge on any atom is -0.466 e. The highest BCUT2D eigenvalue weighted by Crippen LogP contribution is 2.40. The summed E-state index contributed by atoms with van der Waals surface area (Å²) in [7, 11) is 1.28. The second-order valence-electron chi connectivity index (χ2n) is 9.59. The van der Waals surface area contributed by atoms with E-state index in [4.69, 9.17) is 4.74 Å². The molecule has 0 saturated carbocycles. The Morgan fingerprint density at radius 3 is 2.15 bits per heavy atom. The number of esters is 1. The Morgan fingerprint density at radius 1 is 1.05 bits per heavy atom. The number of halogens is 7. The topological polar surface area (TPSA) is 49.9 Å². The van der Waals surface area contributed by atoms with Crippen molar-refractivity contribution in [3.63, 3.8) is 0 Å². The van der Waals surface area contributed by atoms with Crippen LogP contribution in [0.4, 0.5) is 35.5 Å². The van der Waals surface area contributed by atoms with Crippen LogP contribution in [0.25, 0.3) is 0 Å². The number of amides is 2. The third-order valence-electron chi connectivity index (χ3n) is 7.03. The number of benzene rings is 2. The molecule has 3 rings (SSSR count). The smallest absolute Gasteiger partial charge is 0.416 e. The standard InChI is InChI=1S/C27H29F7N2O3/c1-5-39-24(37)17-8-9-36(23(13-17)22-7-6-21(28)10-15(22)2)25(38)35(4)16(3)18-11-19(26(29,30)31)14-20(12-18)27(32,33)34/h6-7,10-12,14,16-17,23H,5,8-9,13H2,1-4H3/t16-,17+,23+/m0/s1. The van der Waals surface area contributed by atoms with Gasteiger partial charge in [-0.25, -0.2) is 9.18 Å². The largest absolute Gasteiger partial charge is 0.466 e. The number of carbonyl (C=O) groups excluding carboxylic acids is 2. The number of alkyl halides is 6. The van der Waals surface area contributed by atoms with Crippen LogP contribution in [0.1, 0.15) is 66.6 Å². The third-order valence-corrected chi connectivity index (χ3v) is 7.03. The van der Waals surface area contributed by atoms with Gasteiger partial charge in [0.25, 0.3) is 0 Å². The van der Waals surface area contributed by atoms with Crippen LogP contribution >= 0.6 is 0 Å². The highest BCUT2D eigenvalue weighted by atomic mass is 19.4. The Bertz CT molecular complexity index is 1180. The van der Waals surface area contributed by atoms with Crippen LogP contribution in [-0.4, -0.2) is 42.0 Å². The van der Waals surface area contributed by atoms with Gasteiger partial charge in [-0.2, -0.15) is 26.3 Å². The number of hydrogen-bond acceptors (Lipinski definition) is 3. The quantitative estimate of drug-likeness (QED) is 0.284. The number of hydrogen-bond donors (Lipinski definition) is 0. The van der Waals surface area contributed by atoms with Crippen molar-refractivity contribution in [2.45, 2.75) is 58.0 Å². The van der Waals surface area contributed by atoms with E-state index in [9.17, 15) is 40.3 Å². The summed E-state index contributed by atoms with van der Waals surface area (Å²) in [5.74, 6) is -1.49. The van der Waals surface area contributed by atoms with E-state index >= 15 is 0 Å². The average Bonchev–Trinajstić information content (AvgIpc) is 2.86. The number of rotatable bonds is 5. The molecule has 2 aromatic rings. The van der Waals surface area contributed by atoms with Crippen LogP contribution in [0, 0.1) is 18.7 Å². The number of carbonyl (C=O) groups is 2. The fraction of sp³-hybridized carbons (Fsp3) is 0.481. The molecule has 2 amide bonds. The molecule has 0 unspecified atom stereocenters. The van der Waals surface area contributed by atoms with Gasteiger partial charge in [-0.1, -0.05) is 6.07 Å². The second-order valence-corrected chi connectivity index (χ2v) is 9.59.